The third-order valence-electron chi connectivity index (χ3n) is 3.39. The molecule has 0 aromatic carbocycles. The predicted octanol–water partition coefficient (Wildman–Crippen LogP) is 3.14. The van der Waals surface area contributed by atoms with Gasteiger partial charge in [-0.25, -0.2) is 0 Å². The third-order valence-corrected chi connectivity index (χ3v) is 3.86. The minimum absolute atomic E-state index is 0.270. The molecule has 0 bridgehead atoms. The van der Waals surface area contributed by atoms with E-state index in [-0.39, 0.29) is 10.3 Å². The first-order chi connectivity index (χ1) is 8.48. The van der Waals surface area contributed by atoms with Crippen LogP contribution in [0.4, 0.5) is 5.69 Å². The number of nitrogens with one attached hydrogen (secondary N) is 1. The average Bonchev–Trinajstić information content (AvgIpc) is 2.30. The van der Waals surface area contributed by atoms with Crippen LogP contribution in [0, 0.1) is 5.92 Å². The number of rotatable bonds is 3. The highest BCUT2D eigenvalue weighted by Crippen LogP contribution is 2.33. The zero-order valence-corrected chi connectivity index (χ0v) is 11.8. The van der Waals surface area contributed by atoms with E-state index in [1.807, 2.05) is 0 Å². The summed E-state index contributed by atoms with van der Waals surface area (Å²) in [5, 5.41) is 21.5. The molecule has 2 N–H and O–H groups in total. The minimum Gasteiger partial charge on any atom is -0.388 e. The van der Waals surface area contributed by atoms with E-state index < -0.39 is 5.60 Å². The molecule has 0 amide bonds. The first kappa shape index (κ1) is 13.8. The van der Waals surface area contributed by atoms with E-state index in [1.54, 1.807) is 6.07 Å². The maximum absolute atomic E-state index is 10.5. The summed E-state index contributed by atoms with van der Waals surface area (Å²) in [6, 6.07) is 1.62. The summed E-state index contributed by atoms with van der Waals surface area (Å²) >= 11 is 11.7. The molecule has 1 aromatic heterocycles. The van der Waals surface area contributed by atoms with E-state index in [4.69, 9.17) is 23.2 Å². The van der Waals surface area contributed by atoms with Crippen molar-refractivity contribution in [2.75, 3.05) is 11.9 Å². The van der Waals surface area contributed by atoms with Crippen molar-refractivity contribution < 1.29 is 5.11 Å². The maximum atomic E-state index is 10.5. The van der Waals surface area contributed by atoms with E-state index in [1.165, 1.54) is 6.42 Å². The van der Waals surface area contributed by atoms with Gasteiger partial charge in [0.25, 0.3) is 0 Å². The molecule has 2 rings (SSSR count). The van der Waals surface area contributed by atoms with Gasteiger partial charge in [-0.1, -0.05) is 43.0 Å². The molecule has 1 saturated carbocycles. The minimum atomic E-state index is -0.670. The average molecular weight is 290 g/mol. The smallest absolute Gasteiger partial charge is 0.174 e. The Morgan fingerprint density at radius 2 is 2.28 bits per heavy atom. The number of aromatic nitrogens is 2. The van der Waals surface area contributed by atoms with Crippen molar-refractivity contribution in [1.82, 2.24) is 10.2 Å². The number of aliphatic hydroxyl groups is 1. The second-order valence-electron chi connectivity index (χ2n) is 5.15. The molecular weight excluding hydrogens is 273 g/mol. The largest absolute Gasteiger partial charge is 0.388 e. The van der Waals surface area contributed by atoms with Crippen LogP contribution in [0.15, 0.2) is 6.07 Å². The molecule has 1 aromatic rings. The van der Waals surface area contributed by atoms with Gasteiger partial charge in [0, 0.05) is 12.6 Å². The molecule has 0 aliphatic heterocycles. The fraction of sp³-hybridized carbons (Fsp3) is 0.667. The zero-order valence-electron chi connectivity index (χ0n) is 10.3. The molecule has 2 atom stereocenters. The lowest BCUT2D eigenvalue weighted by Gasteiger charge is -2.35. The molecule has 100 valence electrons. The number of hydrogen-bond acceptors (Lipinski definition) is 4. The lowest BCUT2D eigenvalue weighted by Crippen LogP contribution is -2.41. The second-order valence-corrected chi connectivity index (χ2v) is 5.90. The Labute approximate surface area is 117 Å². The zero-order chi connectivity index (χ0) is 13.2. The van der Waals surface area contributed by atoms with Crippen molar-refractivity contribution in [3.8, 4) is 0 Å². The molecule has 1 aliphatic rings. The molecule has 0 spiro atoms. The molecule has 6 heteroatoms. The highest BCUT2D eigenvalue weighted by atomic mass is 35.5. The molecule has 1 heterocycles. The standard InChI is InChI=1S/C12H17Cl2N3O/c1-8-3-2-4-12(18,6-8)7-15-9-5-10(13)16-17-11(9)14/h5,8,18H,2-4,6-7H2,1H3,(H,15,16). The predicted molar refractivity (Wildman–Crippen MR) is 73.1 cm³/mol. The van der Waals surface area contributed by atoms with Crippen LogP contribution in [-0.4, -0.2) is 27.4 Å². The lowest BCUT2D eigenvalue weighted by atomic mass is 9.79. The van der Waals surface area contributed by atoms with Crippen LogP contribution in [0.25, 0.3) is 0 Å². The summed E-state index contributed by atoms with van der Waals surface area (Å²) in [4.78, 5) is 0. The third kappa shape index (κ3) is 3.46. The van der Waals surface area contributed by atoms with E-state index in [0.29, 0.717) is 18.2 Å². The monoisotopic (exact) mass is 289 g/mol. The number of nitrogens with zero attached hydrogens (tertiary/aromatic N) is 2. The summed E-state index contributed by atoms with van der Waals surface area (Å²) in [6.07, 6.45) is 3.87. The van der Waals surface area contributed by atoms with Gasteiger partial charge < -0.3 is 10.4 Å². The van der Waals surface area contributed by atoms with Crippen LogP contribution in [0.5, 0.6) is 0 Å². The Hall–Kier alpha value is -0.580. The normalized spacial score (nSPS) is 28.1. The van der Waals surface area contributed by atoms with E-state index >= 15 is 0 Å². The molecule has 2 unspecified atom stereocenters. The SMILES string of the molecule is CC1CCCC(O)(CNc2cc(Cl)nnc2Cl)C1. The van der Waals surface area contributed by atoms with Crippen LogP contribution < -0.4 is 5.32 Å². The maximum Gasteiger partial charge on any atom is 0.174 e. The first-order valence-electron chi connectivity index (χ1n) is 6.13. The second kappa shape index (κ2) is 5.59. The van der Waals surface area contributed by atoms with Gasteiger partial charge in [-0.15, -0.1) is 10.2 Å². The highest BCUT2D eigenvalue weighted by molar-refractivity contribution is 6.33. The topological polar surface area (TPSA) is 58.0 Å². The molecule has 4 nitrogen and oxygen atoms in total. The van der Waals surface area contributed by atoms with Gasteiger partial charge in [0.1, 0.15) is 0 Å². The van der Waals surface area contributed by atoms with Gasteiger partial charge >= 0.3 is 0 Å². The summed E-state index contributed by atoms with van der Waals surface area (Å²) < 4.78 is 0. The Balaban J connectivity index is 2.00. The fourth-order valence-corrected chi connectivity index (χ4v) is 2.84. The highest BCUT2D eigenvalue weighted by Gasteiger charge is 2.32. The summed E-state index contributed by atoms with van der Waals surface area (Å²) in [5.41, 5.74) is -0.0557. The lowest BCUT2D eigenvalue weighted by molar-refractivity contribution is -0.000764. The van der Waals surface area contributed by atoms with Gasteiger partial charge in [0.05, 0.1) is 11.3 Å². The van der Waals surface area contributed by atoms with Crippen molar-refractivity contribution in [2.24, 2.45) is 5.92 Å². The molecule has 0 saturated heterocycles. The Bertz CT molecular complexity index is 430. The molecular formula is C12H17Cl2N3O. The van der Waals surface area contributed by atoms with E-state index in [9.17, 15) is 5.11 Å². The van der Waals surface area contributed by atoms with Crippen LogP contribution in [-0.2, 0) is 0 Å². The van der Waals surface area contributed by atoms with Crippen molar-refractivity contribution >= 4 is 28.9 Å². The van der Waals surface area contributed by atoms with E-state index in [2.05, 4.69) is 22.4 Å². The van der Waals surface area contributed by atoms with Gasteiger partial charge in [-0.05, 0) is 18.8 Å². The summed E-state index contributed by atoms with van der Waals surface area (Å²) in [7, 11) is 0. The van der Waals surface area contributed by atoms with Crippen LogP contribution in [0.1, 0.15) is 32.6 Å². The number of halogens is 2. The fourth-order valence-electron chi connectivity index (χ4n) is 2.53. The summed E-state index contributed by atoms with van der Waals surface area (Å²) in [5.74, 6) is 0.556. The first-order valence-corrected chi connectivity index (χ1v) is 6.89. The van der Waals surface area contributed by atoms with Crippen molar-refractivity contribution in [3.63, 3.8) is 0 Å². The van der Waals surface area contributed by atoms with Crippen LogP contribution >= 0.6 is 23.2 Å². The van der Waals surface area contributed by atoms with Crippen LogP contribution in [0.2, 0.25) is 10.3 Å². The number of hydrogen-bond donors (Lipinski definition) is 2. The van der Waals surface area contributed by atoms with E-state index in [0.717, 1.165) is 19.3 Å². The molecule has 18 heavy (non-hydrogen) atoms. The van der Waals surface area contributed by atoms with Crippen molar-refractivity contribution in [3.05, 3.63) is 16.4 Å². The van der Waals surface area contributed by atoms with Gasteiger partial charge in [0.2, 0.25) is 0 Å². The number of anilines is 1. The Morgan fingerprint density at radius 3 is 3.00 bits per heavy atom. The molecule has 0 radical (unpaired) electrons. The van der Waals surface area contributed by atoms with Gasteiger partial charge in [-0.2, -0.15) is 0 Å². The van der Waals surface area contributed by atoms with Crippen LogP contribution in [0.3, 0.4) is 0 Å². The Kier molecular flexibility index (Phi) is 4.30. The van der Waals surface area contributed by atoms with Gasteiger partial charge in [0.15, 0.2) is 10.3 Å². The molecule has 1 fully saturated rings. The van der Waals surface area contributed by atoms with Gasteiger partial charge in [-0.3, -0.25) is 0 Å². The van der Waals surface area contributed by atoms with Crippen molar-refractivity contribution in [2.45, 2.75) is 38.2 Å². The molecule has 1 aliphatic carbocycles. The summed E-state index contributed by atoms with van der Waals surface area (Å²) in [6.45, 7) is 2.63. The van der Waals surface area contributed by atoms with Crippen molar-refractivity contribution in [1.29, 1.82) is 0 Å². The quantitative estimate of drug-likeness (QED) is 0.898. The Morgan fingerprint density at radius 1 is 1.50 bits per heavy atom.